The highest BCUT2D eigenvalue weighted by Crippen LogP contribution is 2.55. The second-order valence-electron chi connectivity index (χ2n) is 5.25. The number of fused-ring (bicyclic) bond motifs is 1. The smallest absolute Gasteiger partial charge is 0.228 e. The van der Waals surface area contributed by atoms with Crippen LogP contribution in [-0.4, -0.2) is 5.91 Å². The minimum Gasteiger partial charge on any atom is -0.325 e. The van der Waals surface area contributed by atoms with E-state index in [-0.39, 0.29) is 11.8 Å². The van der Waals surface area contributed by atoms with Crippen LogP contribution in [0.1, 0.15) is 25.7 Å². The zero-order valence-electron chi connectivity index (χ0n) is 9.96. The van der Waals surface area contributed by atoms with Crippen LogP contribution in [0.15, 0.2) is 18.2 Å². The molecule has 0 bridgehead atoms. The summed E-state index contributed by atoms with van der Waals surface area (Å²) in [5.74, 6) is 1.78. The first-order valence-corrected chi connectivity index (χ1v) is 7.88. The lowest BCUT2D eigenvalue weighted by Crippen LogP contribution is -2.16. The molecule has 1 aromatic carbocycles. The Morgan fingerprint density at radius 2 is 1.94 bits per heavy atom. The van der Waals surface area contributed by atoms with Crippen molar-refractivity contribution in [3.63, 3.8) is 0 Å². The van der Waals surface area contributed by atoms with Gasteiger partial charge in [0.1, 0.15) is 0 Å². The molecular formula is C14H15ClINO. The summed E-state index contributed by atoms with van der Waals surface area (Å²) in [6, 6.07) is 5.57. The van der Waals surface area contributed by atoms with E-state index in [1.165, 1.54) is 25.7 Å². The summed E-state index contributed by atoms with van der Waals surface area (Å²) in [5.41, 5.74) is 0.883. The van der Waals surface area contributed by atoms with Gasteiger partial charge in [-0.15, -0.1) is 0 Å². The maximum Gasteiger partial charge on any atom is 0.228 e. The maximum atomic E-state index is 12.2. The molecule has 2 fully saturated rings. The molecule has 2 aliphatic carbocycles. The van der Waals surface area contributed by atoms with Gasteiger partial charge in [-0.05, 0) is 65.5 Å². The van der Waals surface area contributed by atoms with Gasteiger partial charge in [0.2, 0.25) is 5.91 Å². The van der Waals surface area contributed by atoms with Crippen molar-refractivity contribution in [3.8, 4) is 0 Å². The third kappa shape index (κ3) is 2.39. The van der Waals surface area contributed by atoms with Gasteiger partial charge in [0, 0.05) is 14.5 Å². The standard InChI is InChI=1S/C14H15ClINO/c15-8-5-6-12(11(16)7-8)17-14(18)13-9-3-1-2-4-10(9)13/h5-7,9-10,13H,1-4H2,(H,17,18). The maximum absolute atomic E-state index is 12.2. The predicted octanol–water partition coefficient (Wildman–Crippen LogP) is 4.32. The number of hydrogen-bond donors (Lipinski definition) is 1. The van der Waals surface area contributed by atoms with Crippen LogP contribution in [0.25, 0.3) is 0 Å². The zero-order chi connectivity index (χ0) is 12.7. The summed E-state index contributed by atoms with van der Waals surface area (Å²) in [4.78, 5) is 12.2. The Morgan fingerprint density at radius 3 is 2.56 bits per heavy atom. The van der Waals surface area contributed by atoms with Crippen molar-refractivity contribution in [2.45, 2.75) is 25.7 Å². The number of hydrogen-bond acceptors (Lipinski definition) is 1. The second-order valence-corrected chi connectivity index (χ2v) is 6.85. The molecule has 2 nitrogen and oxygen atoms in total. The minimum absolute atomic E-state index is 0.201. The molecule has 2 unspecified atom stereocenters. The van der Waals surface area contributed by atoms with Gasteiger partial charge in [0.05, 0.1) is 5.69 Å². The predicted molar refractivity (Wildman–Crippen MR) is 81.7 cm³/mol. The highest BCUT2D eigenvalue weighted by atomic mass is 127. The summed E-state index contributed by atoms with van der Waals surface area (Å²) in [7, 11) is 0. The Labute approximate surface area is 126 Å². The molecule has 0 aromatic heterocycles. The van der Waals surface area contributed by atoms with Crippen LogP contribution in [-0.2, 0) is 4.79 Å². The van der Waals surface area contributed by atoms with Crippen molar-refractivity contribution in [1.82, 2.24) is 0 Å². The van der Waals surface area contributed by atoms with Crippen molar-refractivity contribution >= 4 is 45.8 Å². The molecule has 18 heavy (non-hydrogen) atoms. The van der Waals surface area contributed by atoms with Crippen molar-refractivity contribution < 1.29 is 4.79 Å². The highest BCUT2D eigenvalue weighted by Gasteiger charge is 2.54. The summed E-state index contributed by atoms with van der Waals surface area (Å²) in [6.45, 7) is 0. The fraction of sp³-hybridized carbons (Fsp3) is 0.500. The van der Waals surface area contributed by atoms with E-state index in [9.17, 15) is 4.79 Å². The van der Waals surface area contributed by atoms with E-state index in [1.54, 1.807) is 0 Å². The third-order valence-electron chi connectivity index (χ3n) is 4.15. The molecule has 1 amide bonds. The minimum atomic E-state index is 0.201. The van der Waals surface area contributed by atoms with Crippen LogP contribution in [0, 0.1) is 21.3 Å². The van der Waals surface area contributed by atoms with Gasteiger partial charge in [-0.25, -0.2) is 0 Å². The largest absolute Gasteiger partial charge is 0.325 e. The Balaban J connectivity index is 1.68. The summed E-state index contributed by atoms with van der Waals surface area (Å²) in [6.07, 6.45) is 5.06. The number of carbonyl (C=O) groups is 1. The summed E-state index contributed by atoms with van der Waals surface area (Å²) >= 11 is 8.12. The molecule has 4 heteroatoms. The number of halogens is 2. The van der Waals surface area contributed by atoms with E-state index in [1.807, 2.05) is 18.2 Å². The summed E-state index contributed by atoms with van der Waals surface area (Å²) < 4.78 is 0.997. The first kappa shape index (κ1) is 12.7. The lowest BCUT2D eigenvalue weighted by atomic mass is 10.0. The van der Waals surface area contributed by atoms with E-state index in [2.05, 4.69) is 27.9 Å². The van der Waals surface area contributed by atoms with Crippen molar-refractivity contribution in [1.29, 1.82) is 0 Å². The SMILES string of the molecule is O=C(Nc1ccc(Cl)cc1I)C1C2CCCCC21. The van der Waals surface area contributed by atoms with Gasteiger partial charge >= 0.3 is 0 Å². The van der Waals surface area contributed by atoms with Crippen molar-refractivity contribution in [2.75, 3.05) is 5.32 Å². The van der Waals surface area contributed by atoms with Gasteiger partial charge < -0.3 is 5.32 Å². The average molecular weight is 376 g/mol. The monoisotopic (exact) mass is 375 g/mol. The third-order valence-corrected chi connectivity index (χ3v) is 5.28. The van der Waals surface area contributed by atoms with E-state index >= 15 is 0 Å². The zero-order valence-corrected chi connectivity index (χ0v) is 12.9. The Hall–Kier alpha value is -0.290. The normalized spacial score (nSPS) is 29.6. The fourth-order valence-corrected chi connectivity index (χ4v) is 4.19. The molecule has 0 heterocycles. The molecular weight excluding hydrogens is 361 g/mol. The van der Waals surface area contributed by atoms with Crippen LogP contribution in [0.3, 0.4) is 0 Å². The molecule has 2 atom stereocenters. The van der Waals surface area contributed by atoms with Gasteiger partial charge in [0.25, 0.3) is 0 Å². The highest BCUT2D eigenvalue weighted by molar-refractivity contribution is 14.1. The van der Waals surface area contributed by atoms with E-state index in [4.69, 9.17) is 11.6 Å². The number of nitrogens with one attached hydrogen (secondary N) is 1. The number of benzene rings is 1. The van der Waals surface area contributed by atoms with E-state index in [0.717, 1.165) is 9.26 Å². The number of anilines is 1. The molecule has 0 aliphatic heterocycles. The topological polar surface area (TPSA) is 29.1 Å². The van der Waals surface area contributed by atoms with Crippen LogP contribution in [0.2, 0.25) is 5.02 Å². The van der Waals surface area contributed by atoms with Crippen LogP contribution < -0.4 is 5.32 Å². The molecule has 0 saturated heterocycles. The summed E-state index contributed by atoms with van der Waals surface area (Å²) in [5, 5.41) is 3.76. The van der Waals surface area contributed by atoms with E-state index in [0.29, 0.717) is 16.9 Å². The molecule has 0 spiro atoms. The molecule has 1 N–H and O–H groups in total. The first-order valence-electron chi connectivity index (χ1n) is 6.43. The molecule has 96 valence electrons. The fourth-order valence-electron chi connectivity index (χ4n) is 3.19. The van der Waals surface area contributed by atoms with Gasteiger partial charge in [0.15, 0.2) is 0 Å². The second kappa shape index (κ2) is 5.00. The van der Waals surface area contributed by atoms with Gasteiger partial charge in [-0.1, -0.05) is 24.4 Å². The Bertz CT molecular complexity index is 479. The number of amides is 1. The van der Waals surface area contributed by atoms with Crippen LogP contribution in [0.5, 0.6) is 0 Å². The first-order chi connectivity index (χ1) is 8.66. The molecule has 3 rings (SSSR count). The van der Waals surface area contributed by atoms with Crippen molar-refractivity contribution in [3.05, 3.63) is 26.8 Å². The van der Waals surface area contributed by atoms with E-state index < -0.39 is 0 Å². The average Bonchev–Trinajstić information content (AvgIpc) is 3.07. The molecule has 0 radical (unpaired) electrons. The van der Waals surface area contributed by atoms with Gasteiger partial charge in [-0.3, -0.25) is 4.79 Å². The molecule has 2 saturated carbocycles. The van der Waals surface area contributed by atoms with Crippen LogP contribution in [0.4, 0.5) is 5.69 Å². The lowest BCUT2D eigenvalue weighted by Gasteiger charge is -2.07. The molecule has 2 aliphatic rings. The molecule has 1 aromatic rings. The Kier molecular flexibility index (Phi) is 3.54. The van der Waals surface area contributed by atoms with Crippen LogP contribution >= 0.6 is 34.2 Å². The number of rotatable bonds is 2. The quantitative estimate of drug-likeness (QED) is 0.766. The number of carbonyl (C=O) groups excluding carboxylic acids is 1. The lowest BCUT2D eigenvalue weighted by molar-refractivity contribution is -0.117. The Morgan fingerprint density at radius 1 is 1.28 bits per heavy atom. The van der Waals surface area contributed by atoms with Crippen molar-refractivity contribution in [2.24, 2.45) is 17.8 Å². The van der Waals surface area contributed by atoms with Gasteiger partial charge in [-0.2, -0.15) is 0 Å².